The first-order valence-electron chi connectivity index (χ1n) is 10.4. The Hall–Kier alpha value is -3.35. The summed E-state index contributed by atoms with van der Waals surface area (Å²) in [4.78, 5) is 19.0. The van der Waals surface area contributed by atoms with Gasteiger partial charge in [0.1, 0.15) is 17.5 Å². The Bertz CT molecular complexity index is 1040. The molecule has 0 N–H and O–H groups in total. The number of carbonyl (C=O) groups excluding carboxylic acids is 1. The SMILES string of the molecule is COc1cc(OC)cc(-c2noc(C3CCC(=O)N3Cc3ccc(C(C)C)cc3)n2)c1. The highest BCUT2D eigenvalue weighted by atomic mass is 16.5. The second-order valence-electron chi connectivity index (χ2n) is 8.03. The van der Waals surface area contributed by atoms with Gasteiger partial charge in [-0.3, -0.25) is 4.79 Å². The Kier molecular flexibility index (Phi) is 5.93. The molecule has 2 heterocycles. The topological polar surface area (TPSA) is 77.7 Å². The fourth-order valence-corrected chi connectivity index (χ4v) is 3.82. The lowest BCUT2D eigenvalue weighted by Crippen LogP contribution is -2.27. The number of amides is 1. The van der Waals surface area contributed by atoms with Gasteiger partial charge in [0.05, 0.1) is 14.2 Å². The highest BCUT2D eigenvalue weighted by molar-refractivity contribution is 5.79. The number of methoxy groups -OCH3 is 2. The van der Waals surface area contributed by atoms with Gasteiger partial charge in [-0.05, 0) is 35.6 Å². The van der Waals surface area contributed by atoms with Gasteiger partial charge in [-0.15, -0.1) is 0 Å². The Labute approximate surface area is 182 Å². The smallest absolute Gasteiger partial charge is 0.249 e. The molecule has 0 bridgehead atoms. The van der Waals surface area contributed by atoms with Crippen LogP contribution in [0.3, 0.4) is 0 Å². The summed E-state index contributed by atoms with van der Waals surface area (Å²) in [6.45, 7) is 4.85. The molecule has 0 spiro atoms. The Balaban J connectivity index is 1.56. The summed E-state index contributed by atoms with van der Waals surface area (Å²) in [5.74, 6) is 2.74. The molecule has 1 atom stereocenters. The lowest BCUT2D eigenvalue weighted by atomic mass is 10.0. The van der Waals surface area contributed by atoms with Crippen LogP contribution in [-0.2, 0) is 11.3 Å². The quantitative estimate of drug-likeness (QED) is 0.548. The minimum Gasteiger partial charge on any atom is -0.497 e. The van der Waals surface area contributed by atoms with Crippen LogP contribution in [0.15, 0.2) is 47.0 Å². The monoisotopic (exact) mass is 421 g/mol. The zero-order valence-corrected chi connectivity index (χ0v) is 18.3. The molecule has 1 saturated heterocycles. The molecular weight excluding hydrogens is 394 g/mol. The van der Waals surface area contributed by atoms with Crippen molar-refractivity contribution >= 4 is 5.91 Å². The molecule has 4 rings (SSSR count). The highest BCUT2D eigenvalue weighted by Gasteiger charge is 2.36. The van der Waals surface area contributed by atoms with Crippen molar-refractivity contribution in [2.45, 2.75) is 45.2 Å². The van der Waals surface area contributed by atoms with E-state index in [1.54, 1.807) is 20.3 Å². The van der Waals surface area contributed by atoms with Gasteiger partial charge in [-0.25, -0.2) is 0 Å². The van der Waals surface area contributed by atoms with Crippen LogP contribution >= 0.6 is 0 Å². The summed E-state index contributed by atoms with van der Waals surface area (Å²) >= 11 is 0. The predicted molar refractivity (Wildman–Crippen MR) is 116 cm³/mol. The summed E-state index contributed by atoms with van der Waals surface area (Å²) in [5.41, 5.74) is 3.09. The van der Waals surface area contributed by atoms with E-state index in [0.29, 0.717) is 48.5 Å². The molecule has 3 aromatic rings. The van der Waals surface area contributed by atoms with E-state index >= 15 is 0 Å². The van der Waals surface area contributed by atoms with Gasteiger partial charge in [0.25, 0.3) is 0 Å². The molecule has 0 radical (unpaired) electrons. The molecular formula is C24H27N3O4. The average Bonchev–Trinajstić information content (AvgIpc) is 3.41. The van der Waals surface area contributed by atoms with E-state index in [1.807, 2.05) is 17.0 Å². The van der Waals surface area contributed by atoms with Crippen LogP contribution in [0.25, 0.3) is 11.4 Å². The fraction of sp³-hybridized carbons (Fsp3) is 0.375. The maximum atomic E-state index is 12.6. The second-order valence-corrected chi connectivity index (χ2v) is 8.03. The maximum Gasteiger partial charge on any atom is 0.249 e. The summed E-state index contributed by atoms with van der Waals surface area (Å²) in [6, 6.07) is 13.6. The predicted octanol–water partition coefficient (Wildman–Crippen LogP) is 4.74. The van der Waals surface area contributed by atoms with E-state index in [9.17, 15) is 4.79 Å². The number of ether oxygens (including phenoxy) is 2. The molecule has 1 unspecified atom stereocenters. The van der Waals surface area contributed by atoms with Crippen LogP contribution in [0.2, 0.25) is 0 Å². The molecule has 2 aromatic carbocycles. The molecule has 1 aromatic heterocycles. The molecule has 1 aliphatic heterocycles. The zero-order chi connectivity index (χ0) is 22.0. The number of hydrogen-bond acceptors (Lipinski definition) is 6. The van der Waals surface area contributed by atoms with Crippen LogP contribution in [0.1, 0.15) is 55.7 Å². The normalized spacial score (nSPS) is 16.2. The standard InChI is InChI=1S/C24H27N3O4/c1-15(2)17-7-5-16(6-8-17)14-27-21(9-10-22(27)28)24-25-23(26-31-24)18-11-19(29-3)13-20(12-18)30-4/h5-8,11-13,15,21H,9-10,14H2,1-4H3. The lowest BCUT2D eigenvalue weighted by Gasteiger charge is -2.22. The molecule has 31 heavy (non-hydrogen) atoms. The molecule has 7 heteroatoms. The number of likely N-dealkylation sites (tertiary alicyclic amines) is 1. The first kappa shape index (κ1) is 20.9. The minimum absolute atomic E-state index is 0.0979. The molecule has 0 saturated carbocycles. The zero-order valence-electron chi connectivity index (χ0n) is 18.3. The van der Waals surface area contributed by atoms with Crippen molar-refractivity contribution in [2.75, 3.05) is 14.2 Å². The van der Waals surface area contributed by atoms with E-state index in [-0.39, 0.29) is 11.9 Å². The van der Waals surface area contributed by atoms with Crippen molar-refractivity contribution in [1.82, 2.24) is 15.0 Å². The van der Waals surface area contributed by atoms with Crippen LogP contribution in [0.4, 0.5) is 0 Å². The minimum atomic E-state index is -0.231. The van der Waals surface area contributed by atoms with Gasteiger partial charge in [-0.2, -0.15) is 4.98 Å². The van der Waals surface area contributed by atoms with Crippen molar-refractivity contribution in [3.05, 3.63) is 59.5 Å². The number of benzene rings is 2. The lowest BCUT2D eigenvalue weighted by molar-refractivity contribution is -0.129. The molecule has 7 nitrogen and oxygen atoms in total. The number of rotatable bonds is 7. The number of hydrogen-bond donors (Lipinski definition) is 0. The van der Waals surface area contributed by atoms with E-state index in [1.165, 1.54) is 5.56 Å². The molecule has 0 aliphatic carbocycles. The third-order valence-corrected chi connectivity index (χ3v) is 5.66. The van der Waals surface area contributed by atoms with Gasteiger partial charge >= 0.3 is 0 Å². The van der Waals surface area contributed by atoms with E-state index < -0.39 is 0 Å². The summed E-state index contributed by atoms with van der Waals surface area (Å²) in [5, 5.41) is 4.14. The van der Waals surface area contributed by atoms with Crippen LogP contribution in [0, 0.1) is 0 Å². The highest BCUT2D eigenvalue weighted by Crippen LogP contribution is 2.35. The van der Waals surface area contributed by atoms with Crippen molar-refractivity contribution in [3.63, 3.8) is 0 Å². The summed E-state index contributed by atoms with van der Waals surface area (Å²) in [6.07, 6.45) is 1.13. The summed E-state index contributed by atoms with van der Waals surface area (Å²) in [7, 11) is 3.19. The van der Waals surface area contributed by atoms with Gasteiger partial charge < -0.3 is 18.9 Å². The van der Waals surface area contributed by atoms with Gasteiger partial charge in [0.15, 0.2) is 0 Å². The van der Waals surface area contributed by atoms with Crippen molar-refractivity contribution in [1.29, 1.82) is 0 Å². The first-order chi connectivity index (χ1) is 15.0. The third-order valence-electron chi connectivity index (χ3n) is 5.66. The second kappa shape index (κ2) is 8.79. The Morgan fingerprint density at radius 3 is 2.39 bits per heavy atom. The fourth-order valence-electron chi connectivity index (χ4n) is 3.82. The first-order valence-corrected chi connectivity index (χ1v) is 10.4. The Morgan fingerprint density at radius 1 is 1.10 bits per heavy atom. The Morgan fingerprint density at radius 2 is 1.77 bits per heavy atom. The van der Waals surface area contributed by atoms with Crippen LogP contribution < -0.4 is 9.47 Å². The van der Waals surface area contributed by atoms with E-state index in [4.69, 9.17) is 14.0 Å². The summed E-state index contributed by atoms with van der Waals surface area (Å²) < 4.78 is 16.2. The molecule has 1 amide bonds. The van der Waals surface area contributed by atoms with E-state index in [2.05, 4.69) is 48.3 Å². The largest absolute Gasteiger partial charge is 0.497 e. The van der Waals surface area contributed by atoms with Gasteiger partial charge in [0.2, 0.25) is 17.6 Å². The van der Waals surface area contributed by atoms with Crippen LogP contribution in [-0.4, -0.2) is 35.2 Å². The number of nitrogens with zero attached hydrogens (tertiary/aromatic N) is 3. The van der Waals surface area contributed by atoms with Crippen molar-refractivity contribution in [2.24, 2.45) is 0 Å². The van der Waals surface area contributed by atoms with Crippen molar-refractivity contribution < 1.29 is 18.8 Å². The third kappa shape index (κ3) is 4.40. The molecule has 1 aliphatic rings. The number of carbonyl (C=O) groups is 1. The molecule has 162 valence electrons. The van der Waals surface area contributed by atoms with Crippen LogP contribution in [0.5, 0.6) is 11.5 Å². The van der Waals surface area contributed by atoms with Gasteiger partial charge in [0, 0.05) is 24.6 Å². The molecule has 1 fully saturated rings. The van der Waals surface area contributed by atoms with Crippen molar-refractivity contribution in [3.8, 4) is 22.9 Å². The van der Waals surface area contributed by atoms with Gasteiger partial charge in [-0.1, -0.05) is 43.3 Å². The van der Waals surface area contributed by atoms with E-state index in [0.717, 1.165) is 11.1 Å². The average molecular weight is 421 g/mol. The maximum absolute atomic E-state index is 12.6. The number of aromatic nitrogens is 2.